The van der Waals surface area contributed by atoms with E-state index in [0.29, 0.717) is 11.3 Å². The number of carbonyl (C=O) groups is 1. The number of nitrogens with zero attached hydrogens (tertiary/aromatic N) is 1. The number of amidine groups is 1. The van der Waals surface area contributed by atoms with Crippen LogP contribution in [0.3, 0.4) is 0 Å². The molecule has 0 aliphatic carbocycles. The summed E-state index contributed by atoms with van der Waals surface area (Å²) in [5.74, 6) is 0.159. The van der Waals surface area contributed by atoms with Gasteiger partial charge in [-0.25, -0.2) is 4.79 Å². The molecule has 7 heteroatoms. The summed E-state index contributed by atoms with van der Waals surface area (Å²) in [6, 6.07) is 9.28. The van der Waals surface area contributed by atoms with E-state index in [1.54, 1.807) is 0 Å². The van der Waals surface area contributed by atoms with Gasteiger partial charge in [0.25, 0.3) is 0 Å². The number of oxime groups is 1. The van der Waals surface area contributed by atoms with Crippen molar-refractivity contribution < 1.29 is 14.4 Å². The summed E-state index contributed by atoms with van der Waals surface area (Å²) in [4.78, 5) is 16.7. The molecular formula is C18H18BrIN2O3. The molecule has 0 fully saturated rings. The van der Waals surface area contributed by atoms with Gasteiger partial charge in [-0.1, -0.05) is 33.2 Å². The minimum Gasteiger partial charge on any atom is -0.482 e. The topological polar surface area (TPSA) is 73.9 Å². The Morgan fingerprint density at radius 2 is 1.84 bits per heavy atom. The number of aryl methyl sites for hydroxylation is 1. The molecule has 25 heavy (non-hydrogen) atoms. The van der Waals surface area contributed by atoms with Gasteiger partial charge in [-0.2, -0.15) is 0 Å². The van der Waals surface area contributed by atoms with Crippen molar-refractivity contribution in [3.63, 3.8) is 0 Å². The molecule has 2 aromatic carbocycles. The van der Waals surface area contributed by atoms with Crippen LogP contribution in [0.25, 0.3) is 0 Å². The third-order valence-corrected chi connectivity index (χ3v) is 5.63. The fraction of sp³-hybridized carbons (Fsp3) is 0.222. The number of carbonyl (C=O) groups excluding carboxylic acids is 1. The van der Waals surface area contributed by atoms with Gasteiger partial charge in [0.05, 0.1) is 0 Å². The van der Waals surface area contributed by atoms with E-state index >= 15 is 0 Å². The molecule has 0 atom stereocenters. The monoisotopic (exact) mass is 516 g/mol. The molecule has 0 saturated carbocycles. The zero-order chi connectivity index (χ0) is 18.6. The zero-order valence-corrected chi connectivity index (χ0v) is 17.8. The van der Waals surface area contributed by atoms with E-state index in [1.165, 1.54) is 0 Å². The second-order valence-corrected chi connectivity index (χ2v) is 7.53. The molecule has 2 rings (SSSR count). The smallest absolute Gasteiger partial charge is 0.372 e. The highest BCUT2D eigenvalue weighted by atomic mass is 127. The number of hydrogen-bond donors (Lipinski definition) is 1. The van der Waals surface area contributed by atoms with Gasteiger partial charge in [-0.15, -0.1) is 0 Å². The van der Waals surface area contributed by atoms with E-state index in [0.717, 1.165) is 24.7 Å². The van der Waals surface area contributed by atoms with Crippen molar-refractivity contribution in [3.8, 4) is 5.75 Å². The first-order valence-electron chi connectivity index (χ1n) is 7.48. The average Bonchev–Trinajstić information content (AvgIpc) is 2.60. The third kappa shape index (κ3) is 5.18. The lowest BCUT2D eigenvalue weighted by Crippen LogP contribution is -2.18. The van der Waals surface area contributed by atoms with Crippen molar-refractivity contribution in [3.05, 3.63) is 60.6 Å². The van der Waals surface area contributed by atoms with Crippen LogP contribution in [0.15, 0.2) is 40.0 Å². The predicted octanol–water partition coefficient (Wildman–Crippen LogP) is 4.22. The molecule has 0 bridgehead atoms. The highest BCUT2D eigenvalue weighted by Gasteiger charge is 2.12. The summed E-state index contributed by atoms with van der Waals surface area (Å²) < 4.78 is 7.68. The Hall–Kier alpha value is -1.61. The summed E-state index contributed by atoms with van der Waals surface area (Å²) >= 11 is 5.72. The lowest BCUT2D eigenvalue weighted by Gasteiger charge is -2.13. The van der Waals surface area contributed by atoms with Gasteiger partial charge in [0, 0.05) is 13.6 Å². The molecule has 5 nitrogen and oxygen atoms in total. The van der Waals surface area contributed by atoms with E-state index in [4.69, 9.17) is 15.3 Å². The molecule has 0 saturated heterocycles. The maximum Gasteiger partial charge on any atom is 0.372 e. The SMILES string of the molecule is Cc1cc(OCC(=O)O/N=C(\N)c2ccc(I)cc2)c(C)c(C)c1Br. The van der Waals surface area contributed by atoms with Gasteiger partial charge in [0.15, 0.2) is 12.4 Å². The molecule has 132 valence electrons. The number of ether oxygens (including phenoxy) is 1. The van der Waals surface area contributed by atoms with Gasteiger partial charge >= 0.3 is 5.97 Å². The van der Waals surface area contributed by atoms with E-state index in [1.807, 2.05) is 51.1 Å². The van der Waals surface area contributed by atoms with Gasteiger partial charge in [-0.3, -0.25) is 0 Å². The first kappa shape index (κ1) is 19.7. The Morgan fingerprint density at radius 3 is 2.48 bits per heavy atom. The Labute approximate surface area is 168 Å². The summed E-state index contributed by atoms with van der Waals surface area (Å²) in [5.41, 5.74) is 9.56. The minimum absolute atomic E-state index is 0.135. The standard InChI is InChI=1S/C18H18BrIN2O3/c1-10-8-15(11(2)12(3)17(10)19)24-9-16(23)25-22-18(21)13-4-6-14(20)7-5-13/h4-8H,9H2,1-3H3,(H2,21,22). The van der Waals surface area contributed by atoms with Gasteiger partial charge in [-0.05, 0) is 78.3 Å². The van der Waals surface area contributed by atoms with Crippen LogP contribution in [-0.2, 0) is 9.63 Å². The fourth-order valence-electron chi connectivity index (χ4n) is 2.10. The molecule has 0 heterocycles. The molecule has 0 unspecified atom stereocenters. The molecule has 2 aromatic rings. The number of benzene rings is 2. The second-order valence-electron chi connectivity index (χ2n) is 5.49. The lowest BCUT2D eigenvalue weighted by molar-refractivity contribution is -0.146. The summed E-state index contributed by atoms with van der Waals surface area (Å²) in [6.07, 6.45) is 0. The van der Waals surface area contributed by atoms with Crippen LogP contribution >= 0.6 is 38.5 Å². The average molecular weight is 517 g/mol. The van der Waals surface area contributed by atoms with Gasteiger partial charge in [0.2, 0.25) is 0 Å². The Balaban J connectivity index is 1.97. The van der Waals surface area contributed by atoms with E-state index < -0.39 is 5.97 Å². The van der Waals surface area contributed by atoms with E-state index in [2.05, 4.69) is 43.7 Å². The third-order valence-electron chi connectivity index (χ3n) is 3.69. The van der Waals surface area contributed by atoms with Crippen LogP contribution in [0, 0.1) is 24.3 Å². The van der Waals surface area contributed by atoms with Crippen LogP contribution in [0.2, 0.25) is 0 Å². The van der Waals surface area contributed by atoms with Crippen molar-refractivity contribution in [2.75, 3.05) is 6.61 Å². The van der Waals surface area contributed by atoms with Crippen LogP contribution in [0.4, 0.5) is 0 Å². The second kappa shape index (κ2) is 8.66. The lowest BCUT2D eigenvalue weighted by atomic mass is 10.1. The maximum absolute atomic E-state index is 11.8. The Morgan fingerprint density at radius 1 is 1.20 bits per heavy atom. The molecular weight excluding hydrogens is 499 g/mol. The van der Waals surface area contributed by atoms with Gasteiger partial charge in [0.1, 0.15) is 5.75 Å². The molecule has 0 spiro atoms. The van der Waals surface area contributed by atoms with Crippen molar-refractivity contribution in [1.82, 2.24) is 0 Å². The van der Waals surface area contributed by atoms with Gasteiger partial charge < -0.3 is 15.3 Å². The Kier molecular flexibility index (Phi) is 6.83. The summed E-state index contributed by atoms with van der Waals surface area (Å²) in [5, 5.41) is 3.66. The van der Waals surface area contributed by atoms with E-state index in [9.17, 15) is 4.79 Å². The maximum atomic E-state index is 11.8. The summed E-state index contributed by atoms with van der Waals surface area (Å²) in [7, 11) is 0. The van der Waals surface area contributed by atoms with Crippen LogP contribution in [0.1, 0.15) is 22.3 Å². The fourth-order valence-corrected chi connectivity index (χ4v) is 2.87. The molecule has 0 aromatic heterocycles. The Bertz CT molecular complexity index is 820. The number of halogens is 2. The van der Waals surface area contributed by atoms with E-state index in [-0.39, 0.29) is 12.4 Å². The molecule has 0 amide bonds. The first-order valence-corrected chi connectivity index (χ1v) is 9.35. The highest BCUT2D eigenvalue weighted by Crippen LogP contribution is 2.31. The van der Waals surface area contributed by atoms with Crippen molar-refractivity contribution in [1.29, 1.82) is 0 Å². The summed E-state index contributed by atoms with van der Waals surface area (Å²) in [6.45, 7) is 5.65. The molecule has 2 N–H and O–H groups in total. The van der Waals surface area contributed by atoms with Crippen molar-refractivity contribution in [2.45, 2.75) is 20.8 Å². The minimum atomic E-state index is -0.619. The number of rotatable bonds is 5. The molecule has 0 radical (unpaired) electrons. The first-order chi connectivity index (χ1) is 11.8. The van der Waals surface area contributed by atoms with Crippen LogP contribution < -0.4 is 10.5 Å². The molecule has 0 aliphatic heterocycles. The van der Waals surface area contributed by atoms with Crippen LogP contribution in [0.5, 0.6) is 5.75 Å². The zero-order valence-electron chi connectivity index (χ0n) is 14.1. The quantitative estimate of drug-likeness (QED) is 0.212. The van der Waals surface area contributed by atoms with Crippen LogP contribution in [-0.4, -0.2) is 18.4 Å². The normalized spacial score (nSPS) is 11.3. The van der Waals surface area contributed by atoms with Crippen molar-refractivity contribution >= 4 is 50.3 Å². The number of nitrogens with two attached hydrogens (primary N) is 1. The van der Waals surface area contributed by atoms with Crippen molar-refractivity contribution in [2.24, 2.45) is 10.9 Å². The predicted molar refractivity (Wildman–Crippen MR) is 110 cm³/mol. The molecule has 0 aliphatic rings. The largest absolute Gasteiger partial charge is 0.482 e. The highest BCUT2D eigenvalue weighted by molar-refractivity contribution is 14.1. The number of hydrogen-bond acceptors (Lipinski definition) is 4.